The largest absolute Gasteiger partial charge is 0.420 e. The summed E-state index contributed by atoms with van der Waals surface area (Å²) in [6, 6.07) is 3.27. The molecule has 0 aliphatic rings. The molecule has 18 heavy (non-hydrogen) atoms. The third kappa shape index (κ3) is 3.76. The summed E-state index contributed by atoms with van der Waals surface area (Å²) in [6.45, 7) is 0. The van der Waals surface area contributed by atoms with Crippen molar-refractivity contribution in [2.24, 2.45) is 0 Å². The molecule has 0 unspecified atom stereocenters. The third-order valence-electron chi connectivity index (χ3n) is 2.09. The van der Waals surface area contributed by atoms with E-state index < -0.39 is 11.7 Å². The number of anilines is 2. The summed E-state index contributed by atoms with van der Waals surface area (Å²) in [5.74, 6) is 0.227. The van der Waals surface area contributed by atoms with Crippen LogP contribution in [0.4, 0.5) is 24.7 Å². The molecule has 1 N–H and O–H groups in total. The maximum Gasteiger partial charge on any atom is 0.420 e. The van der Waals surface area contributed by atoms with Crippen LogP contribution in [-0.2, 0) is 4.79 Å². The Balaban J connectivity index is 2.88. The maximum absolute atomic E-state index is 12.3. The van der Waals surface area contributed by atoms with E-state index in [9.17, 15) is 18.0 Å². The number of hydrogen-bond acceptors (Lipinski definition) is 4. The van der Waals surface area contributed by atoms with Gasteiger partial charge in [0.2, 0.25) is 0 Å². The molecule has 0 amide bonds. The molecule has 1 aromatic rings. The summed E-state index contributed by atoms with van der Waals surface area (Å²) in [5.41, 5.74) is -0.514. The zero-order chi connectivity index (χ0) is 13.8. The van der Waals surface area contributed by atoms with Crippen LogP contribution in [0.5, 0.6) is 0 Å². The Hall–Kier alpha value is -2.05. The minimum Gasteiger partial charge on any atom is -0.378 e. The number of halogens is 3. The number of pyridine rings is 1. The van der Waals surface area contributed by atoms with Gasteiger partial charge in [0.25, 0.3) is 0 Å². The van der Waals surface area contributed by atoms with Crippen molar-refractivity contribution in [2.75, 3.05) is 24.3 Å². The molecule has 1 heterocycles. The summed E-state index contributed by atoms with van der Waals surface area (Å²) in [6.07, 6.45) is -2.87. The maximum atomic E-state index is 12.3. The predicted molar refractivity (Wildman–Crippen MR) is 62.4 cm³/mol. The van der Waals surface area contributed by atoms with Crippen LogP contribution in [0.25, 0.3) is 0 Å². The standard InChI is InChI=1S/C11H12F3N3O/c1-17(2)9-3-4-15-10(5-9)16-6-8(7-18)11(12,13)14/h3-7H,1-2H3,(H,15,16)/b8-6+. The van der Waals surface area contributed by atoms with E-state index >= 15 is 0 Å². The van der Waals surface area contributed by atoms with Gasteiger partial charge < -0.3 is 10.2 Å². The zero-order valence-electron chi connectivity index (χ0n) is 9.82. The van der Waals surface area contributed by atoms with Crippen molar-refractivity contribution in [3.05, 3.63) is 30.1 Å². The van der Waals surface area contributed by atoms with Crippen LogP contribution in [0, 0.1) is 0 Å². The molecule has 98 valence electrons. The zero-order valence-corrected chi connectivity index (χ0v) is 9.82. The fraction of sp³-hybridized carbons (Fsp3) is 0.273. The smallest absolute Gasteiger partial charge is 0.378 e. The summed E-state index contributed by atoms with van der Waals surface area (Å²) >= 11 is 0. The number of hydrogen-bond donors (Lipinski definition) is 1. The molecule has 0 aromatic carbocycles. The highest BCUT2D eigenvalue weighted by molar-refractivity contribution is 5.75. The first kappa shape index (κ1) is 14.0. The normalized spacial score (nSPS) is 12.2. The number of carbonyl (C=O) groups is 1. The van der Waals surface area contributed by atoms with Gasteiger partial charge in [-0.25, -0.2) is 4.98 Å². The van der Waals surface area contributed by atoms with E-state index in [0.29, 0.717) is 6.20 Å². The number of nitrogens with one attached hydrogen (secondary N) is 1. The van der Waals surface area contributed by atoms with Gasteiger partial charge >= 0.3 is 6.18 Å². The van der Waals surface area contributed by atoms with E-state index in [-0.39, 0.29) is 12.1 Å². The van der Waals surface area contributed by atoms with Crippen molar-refractivity contribution in [2.45, 2.75) is 6.18 Å². The average Bonchev–Trinajstić information content (AvgIpc) is 2.28. The topological polar surface area (TPSA) is 45.2 Å². The Morgan fingerprint density at radius 2 is 2.11 bits per heavy atom. The second-order valence-electron chi connectivity index (χ2n) is 3.65. The van der Waals surface area contributed by atoms with E-state index in [1.165, 1.54) is 6.20 Å². The van der Waals surface area contributed by atoms with Crippen LogP contribution in [0.15, 0.2) is 30.1 Å². The predicted octanol–water partition coefficient (Wildman–Crippen LogP) is 2.20. The van der Waals surface area contributed by atoms with Gasteiger partial charge in [-0.3, -0.25) is 4.79 Å². The molecule has 0 spiro atoms. The van der Waals surface area contributed by atoms with Gasteiger partial charge in [-0.2, -0.15) is 13.2 Å². The van der Waals surface area contributed by atoms with Crippen molar-refractivity contribution in [1.29, 1.82) is 0 Å². The lowest BCUT2D eigenvalue weighted by atomic mass is 10.3. The average molecular weight is 259 g/mol. The molecule has 7 heteroatoms. The monoisotopic (exact) mass is 259 g/mol. The fourth-order valence-corrected chi connectivity index (χ4v) is 1.11. The Morgan fingerprint density at radius 3 is 2.61 bits per heavy atom. The van der Waals surface area contributed by atoms with Crippen LogP contribution in [0.1, 0.15) is 0 Å². The summed E-state index contributed by atoms with van der Waals surface area (Å²) in [5, 5.41) is 2.35. The molecule has 1 aromatic heterocycles. The third-order valence-corrected chi connectivity index (χ3v) is 2.09. The van der Waals surface area contributed by atoms with Crippen LogP contribution in [-0.4, -0.2) is 31.5 Å². The highest BCUT2D eigenvalue weighted by atomic mass is 19.4. The molecule has 1 rings (SSSR count). The van der Waals surface area contributed by atoms with Gasteiger partial charge in [0.15, 0.2) is 6.29 Å². The van der Waals surface area contributed by atoms with E-state index in [4.69, 9.17) is 0 Å². The lowest BCUT2D eigenvalue weighted by Gasteiger charge is -2.13. The second kappa shape index (κ2) is 5.52. The van der Waals surface area contributed by atoms with Gasteiger partial charge in [-0.05, 0) is 6.07 Å². The van der Waals surface area contributed by atoms with Gasteiger partial charge in [0.05, 0.1) is 0 Å². The number of rotatable bonds is 4. The first-order chi connectivity index (χ1) is 8.34. The van der Waals surface area contributed by atoms with Gasteiger partial charge in [0, 0.05) is 38.2 Å². The molecule has 0 aliphatic carbocycles. The van der Waals surface area contributed by atoms with E-state index in [2.05, 4.69) is 10.3 Å². The Kier molecular flexibility index (Phi) is 4.30. The summed E-state index contributed by atoms with van der Waals surface area (Å²) in [4.78, 5) is 15.9. The lowest BCUT2D eigenvalue weighted by Crippen LogP contribution is -2.14. The van der Waals surface area contributed by atoms with Crippen molar-refractivity contribution in [1.82, 2.24) is 4.98 Å². The second-order valence-corrected chi connectivity index (χ2v) is 3.65. The highest BCUT2D eigenvalue weighted by Gasteiger charge is 2.33. The molecular weight excluding hydrogens is 247 g/mol. The minimum absolute atomic E-state index is 0.227. The molecule has 0 atom stereocenters. The molecule has 0 radical (unpaired) electrons. The van der Waals surface area contributed by atoms with Crippen molar-refractivity contribution < 1.29 is 18.0 Å². The molecule has 0 bridgehead atoms. The molecule has 0 saturated heterocycles. The van der Waals surface area contributed by atoms with E-state index in [1.54, 1.807) is 31.1 Å². The number of nitrogens with zero attached hydrogens (tertiary/aromatic N) is 2. The van der Waals surface area contributed by atoms with Gasteiger partial charge in [-0.15, -0.1) is 0 Å². The van der Waals surface area contributed by atoms with Crippen molar-refractivity contribution in [3.63, 3.8) is 0 Å². The number of aldehydes is 1. The molecular formula is C11H12F3N3O. The SMILES string of the molecule is CN(C)c1ccnc(N/C=C(\C=O)C(F)(F)F)c1. The molecule has 4 nitrogen and oxygen atoms in total. The van der Waals surface area contributed by atoms with E-state index in [0.717, 1.165) is 5.69 Å². The van der Waals surface area contributed by atoms with Gasteiger partial charge in [0.1, 0.15) is 11.4 Å². The fourth-order valence-electron chi connectivity index (χ4n) is 1.11. The lowest BCUT2D eigenvalue weighted by molar-refractivity contribution is -0.119. The minimum atomic E-state index is -4.67. The number of aromatic nitrogens is 1. The summed E-state index contributed by atoms with van der Waals surface area (Å²) < 4.78 is 36.8. The first-order valence-corrected chi connectivity index (χ1v) is 4.97. The quantitative estimate of drug-likeness (QED) is 0.665. The summed E-state index contributed by atoms with van der Waals surface area (Å²) in [7, 11) is 3.59. The number of alkyl halides is 3. The van der Waals surface area contributed by atoms with Crippen molar-refractivity contribution in [3.8, 4) is 0 Å². The van der Waals surface area contributed by atoms with Crippen LogP contribution >= 0.6 is 0 Å². The Bertz CT molecular complexity index is 455. The van der Waals surface area contributed by atoms with Crippen LogP contribution in [0.2, 0.25) is 0 Å². The molecule has 0 aliphatic heterocycles. The molecule has 0 saturated carbocycles. The first-order valence-electron chi connectivity index (χ1n) is 4.97. The van der Waals surface area contributed by atoms with Crippen LogP contribution in [0.3, 0.4) is 0 Å². The Morgan fingerprint density at radius 1 is 1.44 bits per heavy atom. The molecule has 0 fully saturated rings. The Labute approximate surface area is 102 Å². The van der Waals surface area contributed by atoms with Crippen molar-refractivity contribution >= 4 is 17.8 Å². The number of carbonyl (C=O) groups excluding carboxylic acids is 1. The number of allylic oxidation sites excluding steroid dienone is 1. The highest BCUT2D eigenvalue weighted by Crippen LogP contribution is 2.24. The van der Waals surface area contributed by atoms with Crippen LogP contribution < -0.4 is 10.2 Å². The van der Waals surface area contributed by atoms with Gasteiger partial charge in [-0.1, -0.05) is 0 Å². The van der Waals surface area contributed by atoms with E-state index in [1.807, 2.05) is 0 Å².